The summed E-state index contributed by atoms with van der Waals surface area (Å²) in [5.41, 5.74) is 3.37. The molecule has 3 rings (SSSR count). The van der Waals surface area contributed by atoms with Crippen molar-refractivity contribution in [2.24, 2.45) is 0 Å². The van der Waals surface area contributed by atoms with Crippen molar-refractivity contribution in [2.45, 2.75) is 13.3 Å². The highest BCUT2D eigenvalue weighted by Crippen LogP contribution is 2.23. The number of benzene rings is 2. The van der Waals surface area contributed by atoms with E-state index in [1.54, 1.807) is 6.07 Å². The zero-order valence-corrected chi connectivity index (χ0v) is 11.5. The molecule has 106 valence electrons. The van der Waals surface area contributed by atoms with Crippen molar-refractivity contribution in [2.75, 3.05) is 5.32 Å². The van der Waals surface area contributed by atoms with Crippen LogP contribution in [0.15, 0.2) is 46.9 Å². The molecule has 0 bridgehead atoms. The SMILES string of the molecule is CCc1ccc(Nc2nc3ccc(C(=O)O)cc3o2)cc1. The zero-order valence-electron chi connectivity index (χ0n) is 11.5. The van der Waals surface area contributed by atoms with Gasteiger partial charge in [0.05, 0.1) is 5.56 Å². The standard InChI is InChI=1S/C16H14N2O3/c1-2-10-3-6-12(7-4-10)17-16-18-13-8-5-11(15(19)20)9-14(13)21-16/h3-9H,2H2,1H3,(H,17,18)(H,19,20). The summed E-state index contributed by atoms with van der Waals surface area (Å²) in [7, 11) is 0. The van der Waals surface area contributed by atoms with E-state index in [1.807, 2.05) is 24.3 Å². The van der Waals surface area contributed by atoms with Gasteiger partial charge in [0.25, 0.3) is 6.01 Å². The number of rotatable bonds is 4. The summed E-state index contributed by atoms with van der Waals surface area (Å²) >= 11 is 0. The molecule has 1 heterocycles. The van der Waals surface area contributed by atoms with E-state index in [0.29, 0.717) is 17.1 Å². The first-order chi connectivity index (χ1) is 10.2. The van der Waals surface area contributed by atoms with Gasteiger partial charge >= 0.3 is 5.97 Å². The zero-order chi connectivity index (χ0) is 14.8. The first-order valence-electron chi connectivity index (χ1n) is 6.65. The number of anilines is 2. The van der Waals surface area contributed by atoms with E-state index >= 15 is 0 Å². The van der Waals surface area contributed by atoms with Crippen LogP contribution in [0, 0.1) is 0 Å². The second-order valence-corrected chi connectivity index (χ2v) is 4.68. The molecule has 5 heteroatoms. The minimum Gasteiger partial charge on any atom is -0.478 e. The van der Waals surface area contributed by atoms with Gasteiger partial charge in [0.2, 0.25) is 0 Å². The second-order valence-electron chi connectivity index (χ2n) is 4.68. The number of carboxylic acid groups (broad SMARTS) is 1. The molecule has 3 aromatic rings. The van der Waals surface area contributed by atoms with Crippen LogP contribution >= 0.6 is 0 Å². The Morgan fingerprint density at radius 2 is 2.00 bits per heavy atom. The molecule has 21 heavy (non-hydrogen) atoms. The normalized spacial score (nSPS) is 10.7. The van der Waals surface area contributed by atoms with E-state index in [0.717, 1.165) is 12.1 Å². The molecule has 2 aromatic carbocycles. The van der Waals surface area contributed by atoms with Gasteiger partial charge in [-0.1, -0.05) is 19.1 Å². The van der Waals surface area contributed by atoms with Crippen LogP contribution in [0.1, 0.15) is 22.8 Å². The maximum atomic E-state index is 10.9. The maximum Gasteiger partial charge on any atom is 0.335 e. The van der Waals surface area contributed by atoms with Crippen molar-refractivity contribution in [1.29, 1.82) is 0 Å². The lowest BCUT2D eigenvalue weighted by atomic mass is 10.1. The molecule has 0 saturated carbocycles. The summed E-state index contributed by atoms with van der Waals surface area (Å²) in [6.07, 6.45) is 0.987. The molecule has 0 spiro atoms. The smallest absolute Gasteiger partial charge is 0.335 e. The molecule has 0 aliphatic heterocycles. The largest absolute Gasteiger partial charge is 0.478 e. The highest BCUT2D eigenvalue weighted by atomic mass is 16.4. The van der Waals surface area contributed by atoms with Gasteiger partial charge in [-0.3, -0.25) is 0 Å². The predicted molar refractivity (Wildman–Crippen MR) is 80.1 cm³/mol. The number of carbonyl (C=O) groups is 1. The third-order valence-electron chi connectivity index (χ3n) is 3.25. The lowest BCUT2D eigenvalue weighted by molar-refractivity contribution is 0.0697. The summed E-state index contributed by atoms with van der Waals surface area (Å²) in [5.74, 6) is -0.988. The molecular formula is C16H14N2O3. The van der Waals surface area contributed by atoms with Crippen LogP contribution in [0.25, 0.3) is 11.1 Å². The molecule has 0 fully saturated rings. The first kappa shape index (κ1) is 13.2. The Morgan fingerprint density at radius 1 is 1.24 bits per heavy atom. The number of carboxylic acids is 1. The maximum absolute atomic E-state index is 10.9. The molecule has 0 unspecified atom stereocenters. The topological polar surface area (TPSA) is 75.4 Å². The summed E-state index contributed by atoms with van der Waals surface area (Å²) in [6, 6.07) is 12.9. The quantitative estimate of drug-likeness (QED) is 0.760. The van der Waals surface area contributed by atoms with Gasteiger partial charge in [-0.05, 0) is 42.3 Å². The van der Waals surface area contributed by atoms with E-state index in [-0.39, 0.29) is 5.56 Å². The van der Waals surface area contributed by atoms with Crippen molar-refractivity contribution in [3.8, 4) is 0 Å². The summed E-state index contributed by atoms with van der Waals surface area (Å²) in [4.78, 5) is 15.2. The van der Waals surface area contributed by atoms with Crippen molar-refractivity contribution < 1.29 is 14.3 Å². The van der Waals surface area contributed by atoms with Gasteiger partial charge in [-0.15, -0.1) is 0 Å². The summed E-state index contributed by atoms with van der Waals surface area (Å²) in [5, 5.41) is 12.0. The minimum atomic E-state index is -0.988. The molecule has 0 amide bonds. The Kier molecular flexibility index (Phi) is 3.31. The molecule has 0 radical (unpaired) electrons. The van der Waals surface area contributed by atoms with Crippen molar-refractivity contribution in [3.63, 3.8) is 0 Å². The van der Waals surface area contributed by atoms with Gasteiger partial charge in [-0.2, -0.15) is 4.98 Å². The van der Waals surface area contributed by atoms with Crippen LogP contribution in [0.4, 0.5) is 11.7 Å². The van der Waals surface area contributed by atoms with E-state index < -0.39 is 5.97 Å². The molecule has 1 aromatic heterocycles. The van der Waals surface area contributed by atoms with Crippen molar-refractivity contribution in [3.05, 3.63) is 53.6 Å². The number of hydrogen-bond acceptors (Lipinski definition) is 4. The first-order valence-corrected chi connectivity index (χ1v) is 6.65. The molecule has 0 atom stereocenters. The Balaban J connectivity index is 1.88. The lowest BCUT2D eigenvalue weighted by Gasteiger charge is -2.02. The van der Waals surface area contributed by atoms with Crippen molar-refractivity contribution in [1.82, 2.24) is 4.98 Å². The minimum absolute atomic E-state index is 0.178. The van der Waals surface area contributed by atoms with E-state index in [9.17, 15) is 4.79 Å². The fraction of sp³-hybridized carbons (Fsp3) is 0.125. The Bertz CT molecular complexity index is 791. The third-order valence-corrected chi connectivity index (χ3v) is 3.25. The van der Waals surface area contributed by atoms with E-state index in [4.69, 9.17) is 9.52 Å². The second kappa shape index (κ2) is 5.28. The van der Waals surface area contributed by atoms with Gasteiger partial charge in [0.1, 0.15) is 5.52 Å². The average molecular weight is 282 g/mol. The Labute approximate surface area is 121 Å². The van der Waals surface area contributed by atoms with Gasteiger partial charge in [0, 0.05) is 5.69 Å². The van der Waals surface area contributed by atoms with Crippen molar-refractivity contribution >= 4 is 28.8 Å². The molecular weight excluding hydrogens is 268 g/mol. The molecule has 2 N–H and O–H groups in total. The molecule has 5 nitrogen and oxygen atoms in total. The number of oxazole rings is 1. The van der Waals surface area contributed by atoms with Gasteiger partial charge < -0.3 is 14.8 Å². The van der Waals surface area contributed by atoms with E-state index in [1.165, 1.54) is 17.7 Å². The van der Waals surface area contributed by atoms with Crippen LogP contribution in [0.3, 0.4) is 0 Å². The molecule has 0 aliphatic rings. The number of nitrogens with one attached hydrogen (secondary N) is 1. The van der Waals surface area contributed by atoms with Gasteiger partial charge in [-0.25, -0.2) is 4.79 Å². The highest BCUT2D eigenvalue weighted by Gasteiger charge is 2.09. The Hall–Kier alpha value is -2.82. The monoisotopic (exact) mass is 282 g/mol. The molecule has 0 aliphatic carbocycles. The third kappa shape index (κ3) is 2.72. The van der Waals surface area contributed by atoms with E-state index in [2.05, 4.69) is 17.2 Å². The van der Waals surface area contributed by atoms with Crippen LogP contribution in [-0.4, -0.2) is 16.1 Å². The number of fused-ring (bicyclic) bond motifs is 1. The highest BCUT2D eigenvalue weighted by molar-refractivity contribution is 5.92. The summed E-state index contributed by atoms with van der Waals surface area (Å²) in [6.45, 7) is 2.10. The van der Waals surface area contributed by atoms with Crippen LogP contribution in [0.5, 0.6) is 0 Å². The number of aromatic carboxylic acids is 1. The average Bonchev–Trinajstić information content (AvgIpc) is 2.89. The summed E-state index contributed by atoms with van der Waals surface area (Å²) < 4.78 is 5.53. The lowest BCUT2D eigenvalue weighted by Crippen LogP contribution is -1.94. The molecule has 0 saturated heterocycles. The number of hydrogen-bond donors (Lipinski definition) is 2. The fourth-order valence-corrected chi connectivity index (χ4v) is 2.06. The number of nitrogens with zero attached hydrogens (tertiary/aromatic N) is 1. The van der Waals surface area contributed by atoms with Gasteiger partial charge in [0.15, 0.2) is 5.58 Å². The van der Waals surface area contributed by atoms with Crippen LogP contribution < -0.4 is 5.32 Å². The fourth-order valence-electron chi connectivity index (χ4n) is 2.06. The van der Waals surface area contributed by atoms with Crippen LogP contribution in [0.2, 0.25) is 0 Å². The predicted octanol–water partition coefficient (Wildman–Crippen LogP) is 3.83. The van der Waals surface area contributed by atoms with Crippen LogP contribution in [-0.2, 0) is 6.42 Å². The number of aryl methyl sites for hydroxylation is 1. The number of aromatic nitrogens is 1. The Morgan fingerprint density at radius 3 is 2.67 bits per heavy atom.